The van der Waals surface area contributed by atoms with Crippen LogP contribution in [0.4, 0.5) is 0 Å². The molecular formula is C15H18O4. The maximum absolute atomic E-state index is 11.4. The van der Waals surface area contributed by atoms with E-state index in [1.165, 1.54) is 14.0 Å². The van der Waals surface area contributed by atoms with Crippen molar-refractivity contribution in [1.82, 2.24) is 0 Å². The average Bonchev–Trinajstić information content (AvgIpc) is 2.42. The molecule has 0 aliphatic carbocycles. The maximum Gasteiger partial charge on any atom is 0.336 e. The summed E-state index contributed by atoms with van der Waals surface area (Å²) >= 11 is 0. The van der Waals surface area contributed by atoms with Gasteiger partial charge in [-0.15, -0.1) is 0 Å². The van der Waals surface area contributed by atoms with Crippen molar-refractivity contribution in [2.75, 3.05) is 7.11 Å². The minimum atomic E-state index is -0.648. The highest BCUT2D eigenvalue weighted by molar-refractivity contribution is 5.89. The van der Waals surface area contributed by atoms with Crippen molar-refractivity contribution < 1.29 is 19.1 Å². The Morgan fingerprint density at radius 2 is 1.89 bits per heavy atom. The van der Waals surface area contributed by atoms with E-state index in [1.807, 2.05) is 30.3 Å². The molecule has 0 fully saturated rings. The highest BCUT2D eigenvalue weighted by Gasteiger charge is 2.22. The minimum absolute atomic E-state index is 0.161. The van der Waals surface area contributed by atoms with Crippen molar-refractivity contribution in [3.63, 3.8) is 0 Å². The van der Waals surface area contributed by atoms with E-state index in [9.17, 15) is 9.59 Å². The molecule has 0 N–H and O–H groups in total. The van der Waals surface area contributed by atoms with Gasteiger partial charge in [0.2, 0.25) is 0 Å². The molecule has 0 saturated carbocycles. The van der Waals surface area contributed by atoms with Gasteiger partial charge in [0, 0.05) is 6.92 Å². The molecule has 1 aromatic carbocycles. The van der Waals surface area contributed by atoms with Crippen LogP contribution in [0.1, 0.15) is 18.9 Å². The van der Waals surface area contributed by atoms with Crippen molar-refractivity contribution in [2.24, 2.45) is 0 Å². The van der Waals surface area contributed by atoms with E-state index in [4.69, 9.17) is 4.74 Å². The molecule has 19 heavy (non-hydrogen) atoms. The Labute approximate surface area is 113 Å². The normalized spacial score (nSPS) is 11.5. The topological polar surface area (TPSA) is 52.6 Å². The quantitative estimate of drug-likeness (QED) is 0.583. The summed E-state index contributed by atoms with van der Waals surface area (Å²) in [5.74, 6) is -0.998. The van der Waals surface area contributed by atoms with E-state index in [0.717, 1.165) is 5.56 Å². The van der Waals surface area contributed by atoms with Gasteiger partial charge in [-0.2, -0.15) is 0 Å². The summed E-state index contributed by atoms with van der Waals surface area (Å²) in [4.78, 5) is 22.5. The van der Waals surface area contributed by atoms with E-state index >= 15 is 0 Å². The molecule has 1 rings (SSSR count). The van der Waals surface area contributed by atoms with Gasteiger partial charge in [-0.1, -0.05) is 36.9 Å². The summed E-state index contributed by atoms with van der Waals surface area (Å²) in [6.07, 6.45) is 0.539. The van der Waals surface area contributed by atoms with Crippen LogP contribution in [0.15, 0.2) is 42.5 Å². The predicted octanol–water partition coefficient (Wildman–Crippen LogP) is 2.28. The van der Waals surface area contributed by atoms with Crippen molar-refractivity contribution in [3.8, 4) is 0 Å². The van der Waals surface area contributed by atoms with E-state index in [-0.39, 0.29) is 5.57 Å². The van der Waals surface area contributed by atoms with Crippen LogP contribution in [0, 0.1) is 0 Å². The van der Waals surface area contributed by atoms with E-state index in [2.05, 4.69) is 11.3 Å². The number of methoxy groups -OCH3 is 1. The molecule has 0 saturated heterocycles. The van der Waals surface area contributed by atoms with Crippen LogP contribution in [0.5, 0.6) is 0 Å². The first-order valence-electron chi connectivity index (χ1n) is 6.03. The number of hydrogen-bond donors (Lipinski definition) is 0. The number of carbonyl (C=O) groups excluding carboxylic acids is 2. The number of esters is 2. The fraction of sp³-hybridized carbons (Fsp3) is 0.333. The molecule has 0 aromatic heterocycles. The van der Waals surface area contributed by atoms with Crippen LogP contribution in [0.3, 0.4) is 0 Å². The van der Waals surface area contributed by atoms with Crippen LogP contribution >= 0.6 is 0 Å². The Morgan fingerprint density at radius 1 is 1.26 bits per heavy atom. The lowest BCUT2D eigenvalue weighted by atomic mass is 10.0. The summed E-state index contributed by atoms with van der Waals surface area (Å²) < 4.78 is 9.71. The Hall–Kier alpha value is -2.10. The largest absolute Gasteiger partial charge is 0.466 e. The predicted molar refractivity (Wildman–Crippen MR) is 71.5 cm³/mol. The molecule has 4 nitrogen and oxygen atoms in total. The average molecular weight is 262 g/mol. The van der Waals surface area contributed by atoms with Crippen LogP contribution in [-0.4, -0.2) is 25.2 Å². The third kappa shape index (κ3) is 4.95. The molecular weight excluding hydrogens is 244 g/mol. The standard InChI is InChI=1S/C15H18O4/c1-11(15(17)18-3)14(19-12(2)16)10-9-13-7-5-4-6-8-13/h4-8,14H,1,9-10H2,2-3H3. The third-order valence-electron chi connectivity index (χ3n) is 2.68. The molecule has 1 aromatic rings. The summed E-state index contributed by atoms with van der Waals surface area (Å²) in [7, 11) is 1.27. The van der Waals surface area contributed by atoms with Crippen LogP contribution < -0.4 is 0 Å². The molecule has 1 unspecified atom stereocenters. The molecule has 0 amide bonds. The lowest BCUT2D eigenvalue weighted by molar-refractivity contribution is -0.147. The fourth-order valence-corrected chi connectivity index (χ4v) is 1.71. The monoisotopic (exact) mass is 262 g/mol. The first kappa shape index (κ1) is 15.0. The highest BCUT2D eigenvalue weighted by Crippen LogP contribution is 2.15. The molecule has 4 heteroatoms. The molecule has 0 heterocycles. The van der Waals surface area contributed by atoms with Gasteiger partial charge in [0.15, 0.2) is 0 Å². The molecule has 0 bridgehead atoms. The van der Waals surface area contributed by atoms with Crippen molar-refractivity contribution in [3.05, 3.63) is 48.0 Å². The zero-order chi connectivity index (χ0) is 14.3. The number of benzene rings is 1. The van der Waals surface area contributed by atoms with Crippen molar-refractivity contribution in [1.29, 1.82) is 0 Å². The number of ether oxygens (including phenoxy) is 2. The van der Waals surface area contributed by atoms with E-state index < -0.39 is 18.0 Å². The maximum atomic E-state index is 11.4. The van der Waals surface area contributed by atoms with Crippen LogP contribution in [0.2, 0.25) is 0 Å². The highest BCUT2D eigenvalue weighted by atomic mass is 16.6. The summed E-state index contributed by atoms with van der Waals surface area (Å²) in [5, 5.41) is 0. The van der Waals surface area contributed by atoms with Crippen LogP contribution in [-0.2, 0) is 25.5 Å². The molecule has 0 aliphatic rings. The molecule has 1 atom stereocenters. The number of rotatable bonds is 6. The van der Waals surface area contributed by atoms with E-state index in [0.29, 0.717) is 12.8 Å². The Bertz CT molecular complexity index is 450. The lowest BCUT2D eigenvalue weighted by Gasteiger charge is -2.17. The third-order valence-corrected chi connectivity index (χ3v) is 2.68. The molecule has 102 valence electrons. The summed E-state index contributed by atoms with van der Waals surface area (Å²) in [6, 6.07) is 9.76. The number of hydrogen-bond acceptors (Lipinski definition) is 4. The lowest BCUT2D eigenvalue weighted by Crippen LogP contribution is -2.24. The van der Waals surface area contributed by atoms with Gasteiger partial charge in [0.05, 0.1) is 12.7 Å². The van der Waals surface area contributed by atoms with Gasteiger partial charge in [0.25, 0.3) is 0 Å². The van der Waals surface area contributed by atoms with Gasteiger partial charge >= 0.3 is 11.9 Å². The first-order chi connectivity index (χ1) is 9.04. The number of aryl methyl sites for hydroxylation is 1. The Balaban J connectivity index is 2.67. The second kappa shape index (κ2) is 7.36. The molecule has 0 aliphatic heterocycles. The van der Waals surface area contributed by atoms with Crippen molar-refractivity contribution in [2.45, 2.75) is 25.9 Å². The van der Waals surface area contributed by atoms with Gasteiger partial charge < -0.3 is 9.47 Å². The Kier molecular flexibility index (Phi) is 5.79. The van der Waals surface area contributed by atoms with Crippen molar-refractivity contribution >= 4 is 11.9 Å². The first-order valence-corrected chi connectivity index (χ1v) is 6.03. The van der Waals surface area contributed by atoms with Gasteiger partial charge in [0.1, 0.15) is 6.10 Å². The van der Waals surface area contributed by atoms with Gasteiger partial charge in [-0.05, 0) is 18.4 Å². The zero-order valence-electron chi connectivity index (χ0n) is 11.2. The SMILES string of the molecule is C=C(C(=O)OC)C(CCc1ccccc1)OC(C)=O. The smallest absolute Gasteiger partial charge is 0.336 e. The summed E-state index contributed by atoms with van der Waals surface area (Å²) in [5.41, 5.74) is 1.27. The van der Waals surface area contributed by atoms with Crippen LogP contribution in [0.25, 0.3) is 0 Å². The molecule has 0 spiro atoms. The molecule has 0 radical (unpaired) electrons. The Morgan fingerprint density at radius 3 is 2.42 bits per heavy atom. The second-order valence-electron chi connectivity index (χ2n) is 4.14. The van der Waals surface area contributed by atoms with Gasteiger partial charge in [-0.25, -0.2) is 4.79 Å². The minimum Gasteiger partial charge on any atom is -0.466 e. The number of carbonyl (C=O) groups is 2. The second-order valence-corrected chi connectivity index (χ2v) is 4.14. The van der Waals surface area contributed by atoms with E-state index in [1.54, 1.807) is 0 Å². The summed E-state index contributed by atoms with van der Waals surface area (Å²) in [6.45, 7) is 4.94. The zero-order valence-corrected chi connectivity index (χ0v) is 11.2. The van der Waals surface area contributed by atoms with Gasteiger partial charge in [-0.3, -0.25) is 4.79 Å². The fourth-order valence-electron chi connectivity index (χ4n) is 1.71.